The molecule has 43 heavy (non-hydrogen) atoms. The van der Waals surface area contributed by atoms with Crippen LogP contribution in [0.1, 0.15) is 41.7 Å². The second-order valence-electron chi connectivity index (χ2n) is 11.6. The summed E-state index contributed by atoms with van der Waals surface area (Å²) in [5.41, 5.74) is 6.77. The Balaban J connectivity index is 1.47. The third kappa shape index (κ3) is 4.10. The van der Waals surface area contributed by atoms with Crippen molar-refractivity contribution in [3.8, 4) is 34.1 Å². The Kier molecular flexibility index (Phi) is 6.44. The molecular formula is C38H34O5. The lowest BCUT2D eigenvalue weighted by atomic mass is 9.77. The molecule has 1 heterocycles. The summed E-state index contributed by atoms with van der Waals surface area (Å²) in [6, 6.07) is 31.0. The molecule has 7 rings (SSSR count). The Labute approximate surface area is 251 Å². The Morgan fingerprint density at radius 3 is 1.95 bits per heavy atom. The van der Waals surface area contributed by atoms with Gasteiger partial charge in [-0.25, -0.2) is 0 Å². The number of aliphatic hydroxyl groups excluding tert-OH is 1. The molecule has 216 valence electrons. The highest BCUT2D eigenvalue weighted by atomic mass is 16.5. The van der Waals surface area contributed by atoms with Crippen molar-refractivity contribution in [2.75, 3.05) is 27.4 Å². The van der Waals surface area contributed by atoms with Gasteiger partial charge in [-0.1, -0.05) is 74.5 Å². The van der Waals surface area contributed by atoms with Crippen molar-refractivity contribution in [1.29, 1.82) is 0 Å². The molecule has 5 heteroatoms. The lowest BCUT2D eigenvalue weighted by molar-refractivity contribution is 0.163. The summed E-state index contributed by atoms with van der Waals surface area (Å²) in [4.78, 5) is 0. The van der Waals surface area contributed by atoms with Gasteiger partial charge in [0.2, 0.25) is 0 Å². The molecule has 0 saturated heterocycles. The molecule has 5 nitrogen and oxygen atoms in total. The molecule has 0 atom stereocenters. The van der Waals surface area contributed by atoms with Gasteiger partial charge in [0.1, 0.15) is 29.6 Å². The van der Waals surface area contributed by atoms with Crippen LogP contribution in [0.5, 0.6) is 23.0 Å². The fraction of sp³-hybridized carbons (Fsp3) is 0.211. The van der Waals surface area contributed by atoms with E-state index in [2.05, 4.69) is 86.7 Å². The Bertz CT molecular complexity index is 1820. The highest BCUT2D eigenvalue weighted by Gasteiger charge is 2.44. The molecule has 0 radical (unpaired) electrons. The summed E-state index contributed by atoms with van der Waals surface area (Å²) in [7, 11) is 3.35. The summed E-state index contributed by atoms with van der Waals surface area (Å²) in [5.74, 6) is 3.20. The van der Waals surface area contributed by atoms with E-state index < -0.39 is 5.60 Å². The first-order chi connectivity index (χ1) is 20.9. The van der Waals surface area contributed by atoms with Crippen LogP contribution in [-0.2, 0) is 11.0 Å². The Hall–Kier alpha value is -4.74. The van der Waals surface area contributed by atoms with Crippen molar-refractivity contribution >= 4 is 16.8 Å². The van der Waals surface area contributed by atoms with Crippen molar-refractivity contribution < 1.29 is 24.1 Å². The third-order valence-corrected chi connectivity index (χ3v) is 8.91. The van der Waals surface area contributed by atoms with E-state index in [4.69, 9.17) is 18.9 Å². The predicted octanol–water partition coefficient (Wildman–Crippen LogP) is 7.88. The number of rotatable bonds is 7. The van der Waals surface area contributed by atoms with Gasteiger partial charge in [0.05, 0.1) is 20.8 Å². The topological polar surface area (TPSA) is 57.2 Å². The largest absolute Gasteiger partial charge is 0.497 e. The number of benzene rings is 5. The number of hydrogen-bond acceptors (Lipinski definition) is 5. The maximum Gasteiger partial charge on any atom is 0.178 e. The average molecular weight is 571 g/mol. The molecule has 2 aliphatic rings. The van der Waals surface area contributed by atoms with Crippen LogP contribution in [0.25, 0.3) is 28.0 Å². The number of methoxy groups -OCH3 is 2. The van der Waals surface area contributed by atoms with Crippen LogP contribution in [0.15, 0.2) is 97.1 Å². The van der Waals surface area contributed by atoms with Crippen LogP contribution in [0, 0.1) is 0 Å². The molecule has 0 spiro atoms. The average Bonchev–Trinajstić information content (AvgIpc) is 3.30. The minimum Gasteiger partial charge on any atom is -0.497 e. The van der Waals surface area contributed by atoms with Crippen LogP contribution in [0.4, 0.5) is 0 Å². The number of aliphatic hydroxyl groups is 1. The highest BCUT2D eigenvalue weighted by molar-refractivity contribution is 6.08. The van der Waals surface area contributed by atoms with E-state index in [0.29, 0.717) is 0 Å². The van der Waals surface area contributed by atoms with E-state index in [0.717, 1.165) is 50.5 Å². The molecule has 0 bridgehead atoms. The maximum atomic E-state index is 9.32. The molecular weight excluding hydrogens is 536 g/mol. The smallest absolute Gasteiger partial charge is 0.178 e. The van der Waals surface area contributed by atoms with Crippen LogP contribution in [0.2, 0.25) is 0 Å². The second-order valence-corrected chi connectivity index (χ2v) is 11.6. The Morgan fingerprint density at radius 1 is 0.744 bits per heavy atom. The highest BCUT2D eigenvalue weighted by Crippen LogP contribution is 2.58. The van der Waals surface area contributed by atoms with Crippen LogP contribution >= 0.6 is 0 Å². The molecule has 5 aromatic rings. The first-order valence-electron chi connectivity index (χ1n) is 14.6. The molecule has 1 aliphatic heterocycles. The molecule has 5 aromatic carbocycles. The third-order valence-electron chi connectivity index (χ3n) is 8.91. The van der Waals surface area contributed by atoms with Crippen molar-refractivity contribution in [3.63, 3.8) is 0 Å². The van der Waals surface area contributed by atoms with Crippen LogP contribution < -0.4 is 18.9 Å². The van der Waals surface area contributed by atoms with E-state index in [-0.39, 0.29) is 18.6 Å². The van der Waals surface area contributed by atoms with Gasteiger partial charge in [0.25, 0.3) is 0 Å². The minimum atomic E-state index is -0.872. The number of fused-ring (bicyclic) bond motifs is 8. The zero-order valence-corrected chi connectivity index (χ0v) is 24.8. The monoisotopic (exact) mass is 570 g/mol. The fourth-order valence-corrected chi connectivity index (χ4v) is 6.82. The molecule has 0 amide bonds. The summed E-state index contributed by atoms with van der Waals surface area (Å²) >= 11 is 0. The van der Waals surface area contributed by atoms with Gasteiger partial charge in [0, 0.05) is 27.5 Å². The van der Waals surface area contributed by atoms with E-state index >= 15 is 0 Å². The van der Waals surface area contributed by atoms with Crippen molar-refractivity contribution in [1.82, 2.24) is 0 Å². The second kappa shape index (κ2) is 10.2. The van der Waals surface area contributed by atoms with Gasteiger partial charge in [-0.15, -0.1) is 0 Å². The Morgan fingerprint density at radius 2 is 1.35 bits per heavy atom. The van der Waals surface area contributed by atoms with Crippen molar-refractivity contribution in [3.05, 3.63) is 125 Å². The number of hydrogen-bond donors (Lipinski definition) is 1. The lowest BCUT2D eigenvalue weighted by Gasteiger charge is -2.38. The lowest BCUT2D eigenvalue weighted by Crippen LogP contribution is -2.35. The van der Waals surface area contributed by atoms with Gasteiger partial charge in [-0.05, 0) is 70.1 Å². The SMILES string of the molecule is COc1ccc(C2(c3ccc(OC)cc3)C=Cc3c4c(c5ccccc5c3O2)-c2ccc(OCCO)cc2C4(C)C)cc1. The molecule has 1 aliphatic carbocycles. The summed E-state index contributed by atoms with van der Waals surface area (Å²) in [6.07, 6.45) is 4.43. The van der Waals surface area contributed by atoms with E-state index in [1.807, 2.05) is 30.3 Å². The van der Waals surface area contributed by atoms with Gasteiger partial charge in [-0.3, -0.25) is 0 Å². The molecule has 1 N–H and O–H groups in total. The maximum absolute atomic E-state index is 9.32. The zero-order valence-electron chi connectivity index (χ0n) is 24.8. The van der Waals surface area contributed by atoms with E-state index in [1.165, 1.54) is 22.3 Å². The zero-order chi connectivity index (χ0) is 29.8. The molecule has 0 unspecified atom stereocenters. The van der Waals surface area contributed by atoms with Crippen LogP contribution in [0.3, 0.4) is 0 Å². The van der Waals surface area contributed by atoms with E-state index in [9.17, 15) is 5.11 Å². The summed E-state index contributed by atoms with van der Waals surface area (Å²) in [5, 5.41) is 11.5. The fourth-order valence-electron chi connectivity index (χ4n) is 6.82. The van der Waals surface area contributed by atoms with E-state index in [1.54, 1.807) is 14.2 Å². The van der Waals surface area contributed by atoms with Gasteiger partial charge >= 0.3 is 0 Å². The molecule has 0 fully saturated rings. The summed E-state index contributed by atoms with van der Waals surface area (Å²) in [6.45, 7) is 4.78. The molecule has 0 aromatic heterocycles. The number of ether oxygens (including phenoxy) is 4. The molecule has 0 saturated carbocycles. The van der Waals surface area contributed by atoms with Crippen LogP contribution in [-0.4, -0.2) is 32.5 Å². The van der Waals surface area contributed by atoms with Crippen molar-refractivity contribution in [2.45, 2.75) is 24.9 Å². The normalized spacial score (nSPS) is 15.3. The van der Waals surface area contributed by atoms with Gasteiger partial charge in [0.15, 0.2) is 5.60 Å². The quantitative estimate of drug-likeness (QED) is 0.216. The standard InChI is InChI=1S/C38H34O5/c1-37(2)33-23-28(42-22-21-39)17-18-31(33)34-29-7-5-6-8-30(29)36-32(35(34)37)19-20-38(43-36,24-9-13-26(40-3)14-10-24)25-11-15-27(41-4)16-12-25/h5-20,23,39H,21-22H2,1-4H3. The first kappa shape index (κ1) is 27.1. The summed E-state index contributed by atoms with van der Waals surface area (Å²) < 4.78 is 24.1. The van der Waals surface area contributed by atoms with Gasteiger partial charge < -0.3 is 24.1 Å². The predicted molar refractivity (Wildman–Crippen MR) is 171 cm³/mol. The first-order valence-corrected chi connectivity index (χ1v) is 14.6. The van der Waals surface area contributed by atoms with Crippen molar-refractivity contribution in [2.24, 2.45) is 0 Å². The van der Waals surface area contributed by atoms with Gasteiger partial charge in [-0.2, -0.15) is 0 Å². The minimum absolute atomic E-state index is 0.0227.